The maximum absolute atomic E-state index is 13.5. The Kier molecular flexibility index (Phi) is 19.7. The van der Waals surface area contributed by atoms with Crippen LogP contribution in [-0.4, -0.2) is 99.9 Å². The van der Waals surface area contributed by atoms with E-state index in [1.54, 1.807) is 52.0 Å². The summed E-state index contributed by atoms with van der Waals surface area (Å²) < 4.78 is 46.7. The number of nitrogens with one attached hydrogen (secondary N) is 4. The highest BCUT2D eigenvalue weighted by molar-refractivity contribution is 5.91. The lowest BCUT2D eigenvalue weighted by Crippen LogP contribution is -2.43. The highest BCUT2D eigenvalue weighted by Gasteiger charge is 2.26. The van der Waals surface area contributed by atoms with E-state index in [1.165, 1.54) is 0 Å². The van der Waals surface area contributed by atoms with E-state index in [0.717, 1.165) is 0 Å². The Morgan fingerprint density at radius 2 is 0.639 bits per heavy atom. The van der Waals surface area contributed by atoms with E-state index >= 15 is 0 Å². The van der Waals surface area contributed by atoms with Gasteiger partial charge in [0.1, 0.15) is 23.0 Å². The van der Waals surface area contributed by atoms with Gasteiger partial charge in [0.2, 0.25) is 0 Å². The molecule has 1 aliphatic rings. The zero-order chi connectivity index (χ0) is 52.6. The minimum atomic E-state index is -0.615. The van der Waals surface area contributed by atoms with E-state index in [2.05, 4.69) is 21.3 Å². The van der Waals surface area contributed by atoms with Crippen LogP contribution in [0.3, 0.4) is 0 Å². The van der Waals surface area contributed by atoms with E-state index in [9.17, 15) is 28.8 Å². The second-order valence-electron chi connectivity index (χ2n) is 18.8. The molecule has 0 unspecified atom stereocenters. The third kappa shape index (κ3) is 16.8. The number of rotatable bonds is 18. The molecule has 0 aromatic heterocycles. The van der Waals surface area contributed by atoms with E-state index in [1.807, 2.05) is 77.9 Å². The summed E-state index contributed by atoms with van der Waals surface area (Å²) in [5, 5.41) is 11.8. The molecule has 18 nitrogen and oxygen atoms in total. The van der Waals surface area contributed by atoms with Gasteiger partial charge in [0.25, 0.3) is 0 Å². The molecule has 18 heteroatoms. The van der Waals surface area contributed by atoms with Gasteiger partial charge in [-0.25, -0.2) is 28.8 Å². The quantitative estimate of drug-likeness (QED) is 0.0483. The Balaban J connectivity index is 1.88. The summed E-state index contributed by atoms with van der Waals surface area (Å²) in [6.07, 6.45) is 0.245. The van der Waals surface area contributed by atoms with Gasteiger partial charge in [-0.3, -0.25) is 0 Å². The molecule has 0 heterocycles. The molecule has 1 aliphatic carbocycles. The molecule has 0 atom stereocenters. The summed E-state index contributed by atoms with van der Waals surface area (Å²) in [5.74, 6) is -1.25. The van der Waals surface area contributed by atoms with Crippen LogP contribution in [0, 0.1) is 0 Å². The van der Waals surface area contributed by atoms with Crippen LogP contribution >= 0.6 is 0 Å². The van der Waals surface area contributed by atoms with Crippen molar-refractivity contribution in [2.75, 3.05) is 63.5 Å². The zero-order valence-electron chi connectivity index (χ0n) is 43.0. The number of benzene rings is 4. The number of anilines is 2. The van der Waals surface area contributed by atoms with Crippen LogP contribution in [0.4, 0.5) is 21.0 Å². The number of amides is 4. The van der Waals surface area contributed by atoms with Gasteiger partial charge in [0.05, 0.1) is 26.4 Å². The van der Waals surface area contributed by atoms with Crippen molar-refractivity contribution in [3.8, 4) is 23.0 Å². The standard InChI is InChI=1S/C54H68N4O14/c1-11-65-43(59)29-69-47-33-17-15-18-34(47)22-38-26-42(56-52(64)58-54(8,9)10)28-40(50(38)72-32-46(62)68-14-4)24-36-20-16-19-35(48(36)70-30-44(60)66-12-2)23-39-27-41(55-51(63)57-53(5,6)7)25-37(21-33)49(39)71-31-45(61)67-13-3/h15-20,25-28H,11-14,21-24,29-32H2,1-10H3,(H2,55,57,63)(H2,56,58,64). The monoisotopic (exact) mass is 996 g/mol. The first-order valence-corrected chi connectivity index (χ1v) is 24.0. The molecule has 0 aliphatic heterocycles. The zero-order valence-corrected chi connectivity index (χ0v) is 43.0. The minimum Gasteiger partial charge on any atom is -0.481 e. The molecule has 0 radical (unpaired) electrons. The van der Waals surface area contributed by atoms with Crippen molar-refractivity contribution in [1.29, 1.82) is 0 Å². The summed E-state index contributed by atoms with van der Waals surface area (Å²) in [5.41, 5.74) is 3.92. The van der Waals surface area contributed by atoms with E-state index in [4.69, 9.17) is 37.9 Å². The minimum absolute atomic E-state index is 0.0614. The molecular formula is C54H68N4O14. The number of para-hydroxylation sites is 2. The largest absolute Gasteiger partial charge is 0.481 e. The lowest BCUT2D eigenvalue weighted by molar-refractivity contribution is -0.146. The molecule has 0 fully saturated rings. The van der Waals surface area contributed by atoms with Gasteiger partial charge in [-0.1, -0.05) is 36.4 Å². The van der Waals surface area contributed by atoms with Crippen molar-refractivity contribution in [1.82, 2.24) is 10.6 Å². The Morgan fingerprint density at radius 1 is 0.403 bits per heavy atom. The Labute approximate surface area is 421 Å². The van der Waals surface area contributed by atoms with Crippen LogP contribution in [0.15, 0.2) is 60.7 Å². The number of ether oxygens (including phenoxy) is 8. The normalized spacial score (nSPS) is 12.0. The van der Waals surface area contributed by atoms with Crippen molar-refractivity contribution < 1.29 is 66.7 Å². The molecule has 4 aromatic carbocycles. The van der Waals surface area contributed by atoms with Crippen molar-refractivity contribution >= 4 is 47.3 Å². The van der Waals surface area contributed by atoms with Crippen LogP contribution < -0.4 is 40.2 Å². The average molecular weight is 997 g/mol. The molecule has 8 bridgehead atoms. The van der Waals surface area contributed by atoms with Crippen LogP contribution in [-0.2, 0) is 63.8 Å². The second-order valence-corrected chi connectivity index (χ2v) is 18.8. The fourth-order valence-electron chi connectivity index (χ4n) is 7.91. The molecule has 0 spiro atoms. The van der Waals surface area contributed by atoms with Gasteiger partial charge in [-0.2, -0.15) is 0 Å². The van der Waals surface area contributed by atoms with Crippen molar-refractivity contribution in [3.63, 3.8) is 0 Å². The highest BCUT2D eigenvalue weighted by atomic mass is 16.6. The summed E-state index contributed by atoms with van der Waals surface area (Å²) in [6.45, 7) is 16.5. The molecule has 5 rings (SSSR count). The number of esters is 4. The number of fused-ring (bicyclic) bond motifs is 8. The molecule has 4 N–H and O–H groups in total. The van der Waals surface area contributed by atoms with Gasteiger partial charge in [-0.15, -0.1) is 0 Å². The fourth-order valence-corrected chi connectivity index (χ4v) is 7.91. The average Bonchev–Trinajstić information content (AvgIpc) is 3.27. The van der Waals surface area contributed by atoms with Gasteiger partial charge >= 0.3 is 35.9 Å². The highest BCUT2D eigenvalue weighted by Crippen LogP contribution is 2.41. The maximum Gasteiger partial charge on any atom is 0.344 e. The molecule has 388 valence electrons. The lowest BCUT2D eigenvalue weighted by Gasteiger charge is -2.24. The van der Waals surface area contributed by atoms with Gasteiger partial charge < -0.3 is 59.2 Å². The molecule has 0 saturated carbocycles. The van der Waals surface area contributed by atoms with Crippen LogP contribution in [0.2, 0.25) is 0 Å². The van der Waals surface area contributed by atoms with Crippen molar-refractivity contribution in [2.45, 2.75) is 106 Å². The Morgan fingerprint density at radius 3 is 0.861 bits per heavy atom. The Bertz CT molecular complexity index is 2330. The van der Waals surface area contributed by atoms with E-state index < -0.39 is 73.4 Å². The third-order valence-electron chi connectivity index (χ3n) is 10.4. The van der Waals surface area contributed by atoms with Crippen LogP contribution in [0.25, 0.3) is 0 Å². The Hall–Kier alpha value is -7.50. The third-order valence-corrected chi connectivity index (χ3v) is 10.4. The smallest absolute Gasteiger partial charge is 0.344 e. The first-order valence-electron chi connectivity index (χ1n) is 24.0. The predicted molar refractivity (Wildman–Crippen MR) is 269 cm³/mol. The second kappa shape index (κ2) is 25.6. The van der Waals surface area contributed by atoms with Gasteiger partial charge in [0.15, 0.2) is 26.4 Å². The number of hydrogen-bond donors (Lipinski definition) is 4. The van der Waals surface area contributed by atoms with Gasteiger partial charge in [0, 0.05) is 70.4 Å². The lowest BCUT2D eigenvalue weighted by atomic mass is 9.90. The van der Waals surface area contributed by atoms with Crippen molar-refractivity contribution in [3.05, 3.63) is 105 Å². The number of hydrogen-bond acceptors (Lipinski definition) is 14. The van der Waals surface area contributed by atoms with Crippen LogP contribution in [0.5, 0.6) is 23.0 Å². The molecular weight excluding hydrogens is 929 g/mol. The maximum atomic E-state index is 13.5. The van der Waals surface area contributed by atoms with E-state index in [-0.39, 0.29) is 52.1 Å². The fraction of sp³-hybridized carbons (Fsp3) is 0.444. The van der Waals surface area contributed by atoms with Gasteiger partial charge in [-0.05, 0) is 116 Å². The number of carbonyl (C=O) groups is 6. The number of carbonyl (C=O) groups excluding carboxylic acids is 6. The number of urea groups is 2. The first-order chi connectivity index (χ1) is 34.2. The molecule has 4 aromatic rings. The van der Waals surface area contributed by atoms with E-state index in [0.29, 0.717) is 78.9 Å². The van der Waals surface area contributed by atoms with Crippen LogP contribution in [0.1, 0.15) is 114 Å². The topological polar surface area (TPSA) is 224 Å². The molecule has 72 heavy (non-hydrogen) atoms. The predicted octanol–water partition coefficient (Wildman–Crippen LogP) is 7.97. The summed E-state index contributed by atoms with van der Waals surface area (Å²) in [6, 6.07) is 16.9. The summed E-state index contributed by atoms with van der Waals surface area (Å²) >= 11 is 0. The first kappa shape index (κ1) is 55.4. The van der Waals surface area contributed by atoms with Crippen molar-refractivity contribution in [2.24, 2.45) is 0 Å². The summed E-state index contributed by atoms with van der Waals surface area (Å²) in [4.78, 5) is 79.0. The SMILES string of the molecule is CCOC(=O)COc1c2cccc1Cc1cc(NC(=O)NC(C)(C)C)cc(c1OCC(=O)OCC)Cc1cccc(c1OCC(=O)OCC)Cc1cc(NC(=O)NC(C)(C)C)cc(c1OCC(=O)OCC)C2. The molecule has 0 saturated heterocycles. The molecule has 4 amide bonds. The summed E-state index contributed by atoms with van der Waals surface area (Å²) in [7, 11) is 0.